The molecule has 1 saturated heterocycles. The van der Waals surface area contributed by atoms with Gasteiger partial charge in [0, 0.05) is 17.6 Å². The highest BCUT2D eigenvalue weighted by atomic mass is 19.4. The Labute approximate surface area is 163 Å². The second kappa shape index (κ2) is 8.22. The molecule has 1 fully saturated rings. The minimum absolute atomic E-state index is 0.0962. The minimum Gasteiger partial charge on any atom is -0.497 e. The van der Waals surface area contributed by atoms with E-state index in [4.69, 9.17) is 14.1 Å². The van der Waals surface area contributed by atoms with E-state index < -0.39 is 36.2 Å². The van der Waals surface area contributed by atoms with Crippen LogP contribution >= 0.6 is 0 Å². The first-order valence-corrected chi connectivity index (χ1v) is 9.27. The van der Waals surface area contributed by atoms with E-state index in [1.165, 1.54) is 21.0 Å². The summed E-state index contributed by atoms with van der Waals surface area (Å²) >= 11 is 0. The van der Waals surface area contributed by atoms with Gasteiger partial charge in [0.1, 0.15) is 5.75 Å². The van der Waals surface area contributed by atoms with Crippen molar-refractivity contribution in [3.05, 3.63) is 23.3 Å². The quantitative estimate of drug-likeness (QED) is 0.713. The number of rotatable bonds is 6. The summed E-state index contributed by atoms with van der Waals surface area (Å²) in [5, 5.41) is 20.9. The molecule has 0 aromatic heterocycles. The molecule has 5 nitrogen and oxygen atoms in total. The maximum Gasteiger partial charge on any atom is 0.495 e. The Bertz CT molecular complexity index is 679. The van der Waals surface area contributed by atoms with Crippen LogP contribution in [0.15, 0.2) is 12.1 Å². The second-order valence-electron chi connectivity index (χ2n) is 8.08. The third-order valence-corrected chi connectivity index (χ3v) is 5.35. The monoisotopic (exact) mass is 404 g/mol. The maximum atomic E-state index is 13.5. The molecule has 1 atom stereocenters. The van der Waals surface area contributed by atoms with Crippen LogP contribution in [0.3, 0.4) is 0 Å². The van der Waals surface area contributed by atoms with Crippen molar-refractivity contribution >= 4 is 12.6 Å². The van der Waals surface area contributed by atoms with Crippen molar-refractivity contribution in [1.29, 1.82) is 0 Å². The molecule has 2 N–H and O–H groups in total. The van der Waals surface area contributed by atoms with E-state index in [2.05, 4.69) is 0 Å². The molecule has 9 heteroatoms. The van der Waals surface area contributed by atoms with Gasteiger partial charge in [-0.25, -0.2) is 0 Å². The zero-order valence-electron chi connectivity index (χ0n) is 16.9. The van der Waals surface area contributed by atoms with Crippen LogP contribution in [0.4, 0.5) is 13.2 Å². The largest absolute Gasteiger partial charge is 0.497 e. The Balaban J connectivity index is 2.54. The predicted molar refractivity (Wildman–Crippen MR) is 99.6 cm³/mol. The van der Waals surface area contributed by atoms with Crippen LogP contribution in [0.25, 0.3) is 0 Å². The summed E-state index contributed by atoms with van der Waals surface area (Å²) in [5.74, 6) is 0.0962. The van der Waals surface area contributed by atoms with E-state index in [-0.39, 0.29) is 16.8 Å². The molecule has 158 valence electrons. The Kier molecular flexibility index (Phi) is 6.75. The Morgan fingerprint density at radius 3 is 2.25 bits per heavy atom. The first-order valence-electron chi connectivity index (χ1n) is 9.27. The topological polar surface area (TPSA) is 68.2 Å². The predicted octanol–water partition coefficient (Wildman–Crippen LogP) is 3.21. The van der Waals surface area contributed by atoms with Crippen LogP contribution < -0.4 is 10.2 Å². The fourth-order valence-corrected chi connectivity index (χ4v) is 2.97. The van der Waals surface area contributed by atoms with Gasteiger partial charge in [0.05, 0.1) is 30.0 Å². The van der Waals surface area contributed by atoms with Gasteiger partial charge in [-0.05, 0) is 59.1 Å². The van der Waals surface area contributed by atoms with Gasteiger partial charge in [0.2, 0.25) is 0 Å². The number of hydrogen-bond acceptors (Lipinski definition) is 5. The van der Waals surface area contributed by atoms with E-state index in [1.807, 2.05) is 0 Å². The lowest BCUT2D eigenvalue weighted by atomic mass is 9.74. The van der Waals surface area contributed by atoms with Gasteiger partial charge in [-0.2, -0.15) is 13.2 Å². The van der Waals surface area contributed by atoms with Crippen LogP contribution in [-0.4, -0.2) is 42.2 Å². The molecule has 28 heavy (non-hydrogen) atoms. The zero-order valence-corrected chi connectivity index (χ0v) is 16.9. The van der Waals surface area contributed by atoms with Crippen molar-refractivity contribution in [3.8, 4) is 5.75 Å². The molecule has 0 bridgehead atoms. The average molecular weight is 404 g/mol. The van der Waals surface area contributed by atoms with Crippen molar-refractivity contribution in [2.45, 2.75) is 70.4 Å². The van der Waals surface area contributed by atoms with E-state index in [0.29, 0.717) is 13.0 Å². The van der Waals surface area contributed by atoms with Gasteiger partial charge in [-0.3, -0.25) is 0 Å². The standard InChI is InChI=1S/C19H28BF3O5/c1-17(2,24)18(3,4)28-20(25)14-11-12(19(21,22)23)10-13(16(14)26-5)15-8-6-7-9-27-15/h10-11,15,24-25H,6-9H2,1-5H3/t15-/m0/s1. The van der Waals surface area contributed by atoms with Gasteiger partial charge >= 0.3 is 13.3 Å². The molecule has 1 aliphatic rings. The third kappa shape index (κ3) is 5.00. The molecule has 1 aromatic rings. The summed E-state index contributed by atoms with van der Waals surface area (Å²) in [5.41, 5.74) is -3.43. The number of benzene rings is 1. The van der Waals surface area contributed by atoms with Crippen molar-refractivity contribution < 1.29 is 37.4 Å². The first-order chi connectivity index (χ1) is 12.8. The summed E-state index contributed by atoms with van der Waals surface area (Å²) in [6.07, 6.45) is -2.95. The van der Waals surface area contributed by atoms with Crippen LogP contribution in [0, 0.1) is 0 Å². The molecule has 0 amide bonds. The highest BCUT2D eigenvalue weighted by Gasteiger charge is 2.42. The number of hydrogen-bond donors (Lipinski definition) is 2. The van der Waals surface area contributed by atoms with Crippen LogP contribution in [-0.2, 0) is 15.6 Å². The molecule has 1 aromatic carbocycles. The first kappa shape index (κ1) is 23.0. The molecule has 0 saturated carbocycles. The van der Waals surface area contributed by atoms with Gasteiger partial charge < -0.3 is 24.3 Å². The maximum absolute atomic E-state index is 13.5. The van der Waals surface area contributed by atoms with Crippen molar-refractivity contribution in [1.82, 2.24) is 0 Å². The minimum atomic E-state index is -4.62. The number of aliphatic hydroxyl groups is 1. The molecule has 1 heterocycles. The van der Waals surface area contributed by atoms with Crippen LogP contribution in [0.1, 0.15) is 64.2 Å². The Hall–Kier alpha value is -1.29. The third-order valence-electron chi connectivity index (χ3n) is 5.35. The lowest BCUT2D eigenvalue weighted by Crippen LogP contribution is -2.53. The van der Waals surface area contributed by atoms with Gasteiger partial charge in [0.15, 0.2) is 0 Å². The molecule has 0 radical (unpaired) electrons. The van der Waals surface area contributed by atoms with E-state index >= 15 is 0 Å². The summed E-state index contributed by atoms with van der Waals surface area (Å²) < 4.78 is 57.1. The smallest absolute Gasteiger partial charge is 0.495 e. The SMILES string of the molecule is COc1c(B(O)OC(C)(C)C(C)(C)O)cc(C(F)(F)F)cc1[C@@H]1CCCCO1. The molecule has 0 unspecified atom stereocenters. The van der Waals surface area contributed by atoms with E-state index in [9.17, 15) is 23.3 Å². The molecule has 0 spiro atoms. The van der Waals surface area contributed by atoms with Crippen molar-refractivity contribution in [2.24, 2.45) is 0 Å². The van der Waals surface area contributed by atoms with Gasteiger partial charge in [-0.15, -0.1) is 0 Å². The lowest BCUT2D eigenvalue weighted by molar-refractivity contribution is -0.137. The van der Waals surface area contributed by atoms with Crippen LogP contribution in [0.2, 0.25) is 0 Å². The lowest BCUT2D eigenvalue weighted by Gasteiger charge is -2.38. The molecule has 2 rings (SSSR count). The zero-order chi connectivity index (χ0) is 21.3. The number of methoxy groups -OCH3 is 1. The Morgan fingerprint density at radius 1 is 1.14 bits per heavy atom. The summed E-state index contributed by atoms with van der Waals surface area (Å²) in [6.45, 7) is 6.52. The Morgan fingerprint density at radius 2 is 1.79 bits per heavy atom. The second-order valence-corrected chi connectivity index (χ2v) is 8.08. The normalized spacial score (nSPS) is 18.9. The van der Waals surface area contributed by atoms with Gasteiger partial charge in [-0.1, -0.05) is 0 Å². The van der Waals surface area contributed by atoms with Crippen molar-refractivity contribution in [2.75, 3.05) is 13.7 Å². The van der Waals surface area contributed by atoms with Crippen molar-refractivity contribution in [3.63, 3.8) is 0 Å². The van der Waals surface area contributed by atoms with Gasteiger partial charge in [0.25, 0.3) is 0 Å². The van der Waals surface area contributed by atoms with Crippen LogP contribution in [0.5, 0.6) is 5.75 Å². The van der Waals surface area contributed by atoms with E-state index in [1.54, 1.807) is 13.8 Å². The fourth-order valence-electron chi connectivity index (χ4n) is 2.97. The highest BCUT2D eigenvalue weighted by molar-refractivity contribution is 6.61. The molecular formula is C19H28BF3O5. The molecule has 1 aliphatic heterocycles. The molecular weight excluding hydrogens is 376 g/mol. The summed E-state index contributed by atoms with van der Waals surface area (Å²) in [7, 11) is -0.410. The molecule has 0 aliphatic carbocycles. The number of alkyl halides is 3. The summed E-state index contributed by atoms with van der Waals surface area (Å²) in [4.78, 5) is 0. The van der Waals surface area contributed by atoms with E-state index in [0.717, 1.165) is 25.0 Å². The highest BCUT2D eigenvalue weighted by Crippen LogP contribution is 2.38. The number of halogens is 3. The number of ether oxygens (including phenoxy) is 2. The summed E-state index contributed by atoms with van der Waals surface area (Å²) in [6, 6.07) is 1.82. The fraction of sp³-hybridized carbons (Fsp3) is 0.684. The average Bonchev–Trinajstić information content (AvgIpc) is 2.59.